The van der Waals surface area contributed by atoms with Gasteiger partial charge in [0.1, 0.15) is 12.4 Å². The van der Waals surface area contributed by atoms with Crippen LogP contribution in [0.4, 0.5) is 5.82 Å². The van der Waals surface area contributed by atoms with Gasteiger partial charge in [-0.25, -0.2) is 9.97 Å². The molecule has 0 amide bonds. The van der Waals surface area contributed by atoms with E-state index in [1.165, 1.54) is 0 Å². The maximum atomic E-state index is 5.97. The topological polar surface area (TPSA) is 47.5 Å². The van der Waals surface area contributed by atoms with Crippen LogP contribution in [0.2, 0.25) is 0 Å². The number of nitrogens with zero attached hydrogens (tertiary/aromatic N) is 3. The first-order valence-electron chi connectivity index (χ1n) is 7.02. The standard InChI is InChI=1S/C14H21N3O2/c1-9(2)12-13-14(16-10(3)15-12)17-5-7-18-6-4-11(17)8-19-13/h9,11H,4-8H2,1-3H3. The molecule has 0 bridgehead atoms. The van der Waals surface area contributed by atoms with Gasteiger partial charge in [-0.1, -0.05) is 13.8 Å². The second-order valence-corrected chi connectivity index (χ2v) is 5.52. The van der Waals surface area contributed by atoms with E-state index in [9.17, 15) is 0 Å². The Kier molecular flexibility index (Phi) is 3.31. The highest BCUT2D eigenvalue weighted by Crippen LogP contribution is 2.38. The molecule has 1 saturated heterocycles. The third kappa shape index (κ3) is 2.27. The lowest BCUT2D eigenvalue weighted by Crippen LogP contribution is -2.44. The molecule has 0 N–H and O–H groups in total. The van der Waals surface area contributed by atoms with Crippen LogP contribution in [0.15, 0.2) is 0 Å². The monoisotopic (exact) mass is 263 g/mol. The fourth-order valence-corrected chi connectivity index (χ4v) is 2.75. The molecule has 0 saturated carbocycles. The van der Waals surface area contributed by atoms with Crippen molar-refractivity contribution in [2.45, 2.75) is 39.2 Å². The summed E-state index contributed by atoms with van der Waals surface area (Å²) in [5.41, 5.74) is 1.02. The Hall–Kier alpha value is -1.36. The van der Waals surface area contributed by atoms with Crippen LogP contribution in [-0.2, 0) is 4.74 Å². The third-order valence-corrected chi connectivity index (χ3v) is 3.74. The summed E-state index contributed by atoms with van der Waals surface area (Å²) in [5.74, 6) is 2.99. The van der Waals surface area contributed by atoms with Gasteiger partial charge >= 0.3 is 0 Å². The van der Waals surface area contributed by atoms with E-state index in [1.54, 1.807) is 0 Å². The summed E-state index contributed by atoms with van der Waals surface area (Å²) in [6.45, 7) is 9.39. The van der Waals surface area contributed by atoms with Gasteiger partial charge in [0.15, 0.2) is 11.6 Å². The third-order valence-electron chi connectivity index (χ3n) is 3.74. The normalized spacial score (nSPS) is 22.5. The molecule has 0 spiro atoms. The predicted molar refractivity (Wildman–Crippen MR) is 72.9 cm³/mol. The summed E-state index contributed by atoms with van der Waals surface area (Å²) in [5, 5.41) is 0. The Morgan fingerprint density at radius 1 is 1.26 bits per heavy atom. The van der Waals surface area contributed by atoms with Gasteiger partial charge < -0.3 is 14.4 Å². The van der Waals surface area contributed by atoms with Crippen molar-refractivity contribution in [3.63, 3.8) is 0 Å². The van der Waals surface area contributed by atoms with Crippen LogP contribution in [0.25, 0.3) is 0 Å². The van der Waals surface area contributed by atoms with Gasteiger partial charge in [0.25, 0.3) is 0 Å². The fourth-order valence-electron chi connectivity index (χ4n) is 2.75. The first-order chi connectivity index (χ1) is 9.16. The Balaban J connectivity index is 2.06. The van der Waals surface area contributed by atoms with E-state index in [2.05, 4.69) is 28.7 Å². The molecular weight excluding hydrogens is 242 g/mol. The van der Waals surface area contributed by atoms with Crippen LogP contribution in [-0.4, -0.2) is 42.4 Å². The zero-order valence-corrected chi connectivity index (χ0v) is 11.8. The van der Waals surface area contributed by atoms with E-state index in [4.69, 9.17) is 9.47 Å². The molecule has 1 aromatic rings. The van der Waals surface area contributed by atoms with Crippen LogP contribution >= 0.6 is 0 Å². The second-order valence-electron chi connectivity index (χ2n) is 5.52. The summed E-state index contributed by atoms with van der Waals surface area (Å²) < 4.78 is 11.5. The van der Waals surface area contributed by atoms with Crippen molar-refractivity contribution in [1.29, 1.82) is 0 Å². The highest BCUT2D eigenvalue weighted by Gasteiger charge is 2.32. The predicted octanol–water partition coefficient (Wildman–Crippen LogP) is 1.90. The lowest BCUT2D eigenvalue weighted by atomic mass is 10.1. The Bertz CT molecular complexity index is 476. The summed E-state index contributed by atoms with van der Waals surface area (Å²) in [4.78, 5) is 11.5. The average Bonchev–Trinajstić information content (AvgIpc) is 2.62. The highest BCUT2D eigenvalue weighted by atomic mass is 16.5. The fraction of sp³-hybridized carbons (Fsp3) is 0.714. The van der Waals surface area contributed by atoms with Crippen LogP contribution in [0, 0.1) is 6.92 Å². The van der Waals surface area contributed by atoms with Crippen molar-refractivity contribution in [3.05, 3.63) is 11.5 Å². The van der Waals surface area contributed by atoms with Crippen LogP contribution in [0.3, 0.4) is 0 Å². The lowest BCUT2D eigenvalue weighted by molar-refractivity contribution is 0.147. The zero-order valence-electron chi connectivity index (χ0n) is 11.8. The van der Waals surface area contributed by atoms with E-state index in [0.717, 1.165) is 49.3 Å². The van der Waals surface area contributed by atoms with Crippen LogP contribution in [0.1, 0.15) is 37.7 Å². The maximum Gasteiger partial charge on any atom is 0.183 e. The minimum Gasteiger partial charge on any atom is -0.486 e. The Morgan fingerprint density at radius 3 is 2.89 bits per heavy atom. The number of aromatic nitrogens is 2. The number of ether oxygens (including phenoxy) is 2. The van der Waals surface area contributed by atoms with Crippen LogP contribution < -0.4 is 9.64 Å². The molecule has 2 aliphatic rings. The van der Waals surface area contributed by atoms with Crippen molar-refractivity contribution in [3.8, 4) is 5.75 Å². The Labute approximate surface area is 113 Å². The molecule has 104 valence electrons. The van der Waals surface area contributed by atoms with Gasteiger partial charge in [-0.05, 0) is 19.3 Å². The van der Waals surface area contributed by atoms with Gasteiger partial charge in [-0.15, -0.1) is 0 Å². The largest absolute Gasteiger partial charge is 0.486 e. The van der Waals surface area contributed by atoms with Crippen molar-refractivity contribution in [1.82, 2.24) is 9.97 Å². The second kappa shape index (κ2) is 4.96. The summed E-state index contributed by atoms with van der Waals surface area (Å²) in [6.07, 6.45) is 1.000. The molecule has 1 atom stereocenters. The molecule has 1 aromatic heterocycles. The van der Waals surface area contributed by atoms with E-state index < -0.39 is 0 Å². The van der Waals surface area contributed by atoms with E-state index in [1.807, 2.05) is 6.92 Å². The SMILES string of the molecule is Cc1nc(C(C)C)c2c(n1)N1CCOCCC1CO2. The number of hydrogen-bond acceptors (Lipinski definition) is 5. The molecule has 5 heteroatoms. The van der Waals surface area contributed by atoms with Gasteiger partial charge in [0, 0.05) is 13.2 Å². The molecule has 5 nitrogen and oxygen atoms in total. The molecular formula is C14H21N3O2. The quantitative estimate of drug-likeness (QED) is 0.774. The molecule has 0 aliphatic carbocycles. The van der Waals surface area contributed by atoms with Gasteiger partial charge in [0.05, 0.1) is 18.3 Å². The lowest BCUT2D eigenvalue weighted by Gasteiger charge is -2.36. The van der Waals surface area contributed by atoms with Crippen molar-refractivity contribution in [2.75, 3.05) is 31.3 Å². The summed E-state index contributed by atoms with van der Waals surface area (Å²) >= 11 is 0. The number of hydrogen-bond donors (Lipinski definition) is 0. The van der Waals surface area contributed by atoms with Crippen LogP contribution in [0.5, 0.6) is 5.75 Å². The van der Waals surface area contributed by atoms with Crippen molar-refractivity contribution < 1.29 is 9.47 Å². The number of fused-ring (bicyclic) bond motifs is 3. The smallest absolute Gasteiger partial charge is 0.183 e. The first-order valence-corrected chi connectivity index (χ1v) is 7.02. The van der Waals surface area contributed by atoms with Crippen molar-refractivity contribution in [2.24, 2.45) is 0 Å². The minimum atomic E-state index is 0.343. The van der Waals surface area contributed by atoms with Crippen molar-refractivity contribution >= 4 is 5.82 Å². The molecule has 0 radical (unpaired) electrons. The first kappa shape index (κ1) is 12.7. The number of rotatable bonds is 1. The van der Waals surface area contributed by atoms with Gasteiger partial charge in [-0.3, -0.25) is 0 Å². The molecule has 3 rings (SSSR count). The summed E-state index contributed by atoms with van der Waals surface area (Å²) in [7, 11) is 0. The molecule has 1 fully saturated rings. The number of anilines is 1. The maximum absolute atomic E-state index is 5.97. The highest BCUT2D eigenvalue weighted by molar-refractivity contribution is 5.58. The average molecular weight is 263 g/mol. The van der Waals surface area contributed by atoms with Gasteiger partial charge in [-0.2, -0.15) is 0 Å². The molecule has 19 heavy (non-hydrogen) atoms. The minimum absolute atomic E-state index is 0.343. The van der Waals surface area contributed by atoms with Gasteiger partial charge in [0.2, 0.25) is 0 Å². The molecule has 0 aromatic carbocycles. The molecule has 2 aliphatic heterocycles. The summed E-state index contributed by atoms with van der Waals surface area (Å²) in [6, 6.07) is 0.379. The van der Waals surface area contributed by atoms with E-state index >= 15 is 0 Å². The Morgan fingerprint density at radius 2 is 2.11 bits per heavy atom. The molecule has 1 unspecified atom stereocenters. The number of aryl methyl sites for hydroxylation is 1. The molecule has 3 heterocycles. The zero-order chi connectivity index (χ0) is 13.4. The van der Waals surface area contributed by atoms with E-state index in [-0.39, 0.29) is 0 Å². The van der Waals surface area contributed by atoms with E-state index in [0.29, 0.717) is 18.6 Å².